The molecule has 0 saturated carbocycles. The van der Waals surface area contributed by atoms with Crippen molar-refractivity contribution in [3.05, 3.63) is 41.8 Å². The molecule has 1 aliphatic heterocycles. The van der Waals surface area contributed by atoms with Gasteiger partial charge in [0.15, 0.2) is 11.0 Å². The molecular weight excluding hydrogens is 463 g/mol. The van der Waals surface area contributed by atoms with Gasteiger partial charge >= 0.3 is 6.18 Å². The van der Waals surface area contributed by atoms with Crippen molar-refractivity contribution in [2.45, 2.75) is 37.3 Å². The van der Waals surface area contributed by atoms with Crippen molar-refractivity contribution < 1.29 is 22.8 Å². The molecule has 7 nitrogen and oxygen atoms in total. The van der Waals surface area contributed by atoms with Crippen LogP contribution in [-0.2, 0) is 16.1 Å². The van der Waals surface area contributed by atoms with E-state index in [4.69, 9.17) is 0 Å². The maximum atomic E-state index is 13.8. The molecule has 0 radical (unpaired) electrons. The van der Waals surface area contributed by atoms with E-state index in [0.717, 1.165) is 16.6 Å². The SMILES string of the molecule is CCn1c(SCC(=O)N2c3ccccc3NC(=O)CC2C(F)(F)F)nnc1-c1cccs1. The van der Waals surface area contributed by atoms with Gasteiger partial charge in [-0.1, -0.05) is 30.0 Å². The Balaban J connectivity index is 1.62. The number of fused-ring (bicyclic) bond motifs is 1. The van der Waals surface area contributed by atoms with Crippen LogP contribution in [-0.4, -0.2) is 44.5 Å². The van der Waals surface area contributed by atoms with Crippen molar-refractivity contribution in [3.63, 3.8) is 0 Å². The number of nitrogens with one attached hydrogen (secondary N) is 1. The van der Waals surface area contributed by atoms with E-state index in [1.54, 1.807) is 6.07 Å². The Hall–Kier alpha value is -2.86. The molecule has 3 heterocycles. The number of benzene rings is 1. The molecule has 1 aromatic carbocycles. The number of aromatic nitrogens is 3. The van der Waals surface area contributed by atoms with Gasteiger partial charge in [-0.05, 0) is 30.5 Å². The highest BCUT2D eigenvalue weighted by Crippen LogP contribution is 2.38. The highest BCUT2D eigenvalue weighted by molar-refractivity contribution is 7.99. The van der Waals surface area contributed by atoms with Gasteiger partial charge in [0.2, 0.25) is 11.8 Å². The zero-order chi connectivity index (χ0) is 22.9. The molecule has 4 rings (SSSR count). The Morgan fingerprint density at radius 2 is 2.03 bits per heavy atom. The molecule has 0 saturated heterocycles. The molecular formula is C20H18F3N5O2S2. The van der Waals surface area contributed by atoms with Gasteiger partial charge in [0.25, 0.3) is 0 Å². The average molecular weight is 482 g/mol. The van der Waals surface area contributed by atoms with Crippen molar-refractivity contribution in [1.29, 1.82) is 0 Å². The van der Waals surface area contributed by atoms with Crippen LogP contribution in [0.4, 0.5) is 24.5 Å². The zero-order valence-corrected chi connectivity index (χ0v) is 18.4. The molecule has 12 heteroatoms. The normalized spacial score (nSPS) is 16.4. The molecule has 168 valence electrons. The van der Waals surface area contributed by atoms with Gasteiger partial charge in [0.05, 0.1) is 28.4 Å². The first-order chi connectivity index (χ1) is 15.3. The van der Waals surface area contributed by atoms with Gasteiger partial charge < -0.3 is 9.88 Å². The van der Waals surface area contributed by atoms with Crippen LogP contribution in [0.1, 0.15) is 13.3 Å². The van der Waals surface area contributed by atoms with Crippen LogP contribution in [0, 0.1) is 0 Å². The maximum Gasteiger partial charge on any atom is 0.409 e. The number of hydrogen-bond donors (Lipinski definition) is 1. The molecule has 0 spiro atoms. The highest BCUT2D eigenvalue weighted by Gasteiger charge is 2.48. The smallest absolute Gasteiger partial charge is 0.324 e. The molecule has 1 aliphatic rings. The first-order valence-electron chi connectivity index (χ1n) is 9.67. The third-order valence-corrected chi connectivity index (χ3v) is 6.69. The molecule has 1 atom stereocenters. The number of amides is 2. The van der Waals surface area contributed by atoms with Crippen LogP contribution in [0.25, 0.3) is 10.7 Å². The van der Waals surface area contributed by atoms with E-state index in [1.807, 2.05) is 29.0 Å². The standard InChI is InChI=1S/C20H18F3N5O2S2/c1-2-27-18(14-8-5-9-31-14)25-26-19(27)32-11-17(30)28-13-7-4-3-6-12(13)24-16(29)10-15(28)20(21,22)23/h3-9,15H,2,10-11H2,1H3,(H,24,29). The quantitative estimate of drug-likeness (QED) is 0.546. The monoisotopic (exact) mass is 481 g/mol. The van der Waals surface area contributed by atoms with Crippen molar-refractivity contribution >= 4 is 46.3 Å². The first kappa shape index (κ1) is 22.3. The number of carbonyl (C=O) groups is 2. The van der Waals surface area contributed by atoms with Gasteiger partial charge in [0.1, 0.15) is 6.04 Å². The summed E-state index contributed by atoms with van der Waals surface area (Å²) in [6.07, 6.45) is -5.65. The summed E-state index contributed by atoms with van der Waals surface area (Å²) in [6.45, 7) is 2.43. The summed E-state index contributed by atoms with van der Waals surface area (Å²) in [7, 11) is 0. The maximum absolute atomic E-state index is 13.8. The zero-order valence-electron chi connectivity index (χ0n) is 16.8. The summed E-state index contributed by atoms with van der Waals surface area (Å²) in [5.41, 5.74) is 0.182. The molecule has 1 unspecified atom stereocenters. The second kappa shape index (κ2) is 8.94. The minimum Gasteiger partial charge on any atom is -0.324 e. The lowest BCUT2D eigenvalue weighted by molar-refractivity contribution is -0.157. The van der Waals surface area contributed by atoms with Crippen LogP contribution < -0.4 is 10.2 Å². The molecule has 2 aromatic heterocycles. The molecule has 1 N–H and O–H groups in total. The van der Waals surface area contributed by atoms with Crippen LogP contribution >= 0.6 is 23.1 Å². The fraction of sp³-hybridized carbons (Fsp3) is 0.300. The Morgan fingerprint density at radius 1 is 1.25 bits per heavy atom. The minimum absolute atomic E-state index is 0.0162. The van der Waals surface area contributed by atoms with Crippen LogP contribution in [0.3, 0.4) is 0 Å². The van der Waals surface area contributed by atoms with Crippen LogP contribution in [0.2, 0.25) is 0 Å². The number of alkyl halides is 3. The molecule has 2 amide bonds. The highest BCUT2D eigenvalue weighted by atomic mass is 32.2. The van der Waals surface area contributed by atoms with Crippen molar-refractivity contribution in [2.24, 2.45) is 0 Å². The van der Waals surface area contributed by atoms with Gasteiger partial charge in [-0.2, -0.15) is 13.2 Å². The van der Waals surface area contributed by atoms with Crippen molar-refractivity contribution in [1.82, 2.24) is 14.8 Å². The summed E-state index contributed by atoms with van der Waals surface area (Å²) < 4.78 is 43.3. The van der Waals surface area contributed by atoms with E-state index in [9.17, 15) is 22.8 Å². The number of nitrogens with zero attached hydrogens (tertiary/aromatic N) is 4. The Labute approximate surface area is 189 Å². The number of rotatable bonds is 5. The molecule has 0 fully saturated rings. The lowest BCUT2D eigenvalue weighted by Gasteiger charge is -2.31. The van der Waals surface area contributed by atoms with Crippen LogP contribution in [0.5, 0.6) is 0 Å². The second-order valence-electron chi connectivity index (χ2n) is 6.91. The lowest BCUT2D eigenvalue weighted by Crippen LogP contribution is -2.50. The fourth-order valence-electron chi connectivity index (χ4n) is 3.46. The Bertz CT molecular complexity index is 1130. The number of thiophene rings is 1. The van der Waals surface area contributed by atoms with Crippen molar-refractivity contribution in [3.8, 4) is 10.7 Å². The predicted molar refractivity (Wildman–Crippen MR) is 117 cm³/mol. The third-order valence-electron chi connectivity index (χ3n) is 4.87. The summed E-state index contributed by atoms with van der Waals surface area (Å²) in [5.74, 6) is -1.23. The predicted octanol–water partition coefficient (Wildman–Crippen LogP) is 4.42. The van der Waals surface area contributed by atoms with Gasteiger partial charge in [-0.15, -0.1) is 21.5 Å². The van der Waals surface area contributed by atoms with E-state index < -0.39 is 30.5 Å². The van der Waals surface area contributed by atoms with E-state index in [2.05, 4.69) is 15.5 Å². The molecule has 32 heavy (non-hydrogen) atoms. The van der Waals surface area contributed by atoms with Gasteiger partial charge in [-0.25, -0.2) is 0 Å². The second-order valence-corrected chi connectivity index (χ2v) is 8.80. The average Bonchev–Trinajstić information content (AvgIpc) is 3.38. The summed E-state index contributed by atoms with van der Waals surface area (Å²) >= 11 is 2.51. The number of hydrogen-bond acceptors (Lipinski definition) is 6. The molecule has 3 aromatic rings. The summed E-state index contributed by atoms with van der Waals surface area (Å²) in [5, 5.41) is 13.1. The Morgan fingerprint density at radius 3 is 2.72 bits per heavy atom. The third kappa shape index (κ3) is 4.37. The fourth-order valence-corrected chi connectivity index (χ4v) is 5.04. The Kier molecular flexibility index (Phi) is 6.24. The summed E-state index contributed by atoms with van der Waals surface area (Å²) in [6, 6.07) is 7.50. The molecule has 0 aliphatic carbocycles. The molecule has 0 bridgehead atoms. The van der Waals surface area contributed by atoms with Gasteiger partial charge in [0, 0.05) is 6.54 Å². The minimum atomic E-state index is -4.77. The summed E-state index contributed by atoms with van der Waals surface area (Å²) in [4.78, 5) is 26.7. The van der Waals surface area contributed by atoms with E-state index in [-0.39, 0.29) is 17.1 Å². The van der Waals surface area contributed by atoms with E-state index >= 15 is 0 Å². The van der Waals surface area contributed by atoms with E-state index in [1.165, 1.54) is 29.5 Å². The number of halogens is 3. The van der Waals surface area contributed by atoms with Gasteiger partial charge in [-0.3, -0.25) is 14.5 Å². The number of para-hydroxylation sites is 2. The first-order valence-corrected chi connectivity index (χ1v) is 11.5. The van der Waals surface area contributed by atoms with E-state index in [0.29, 0.717) is 22.4 Å². The number of carbonyl (C=O) groups excluding carboxylic acids is 2. The number of anilines is 2. The van der Waals surface area contributed by atoms with Crippen LogP contribution in [0.15, 0.2) is 46.9 Å². The lowest BCUT2D eigenvalue weighted by atomic mass is 10.1. The van der Waals surface area contributed by atoms with Crippen molar-refractivity contribution in [2.75, 3.05) is 16.0 Å². The number of thioether (sulfide) groups is 1. The largest absolute Gasteiger partial charge is 0.409 e. The topological polar surface area (TPSA) is 80.1 Å².